The van der Waals surface area contributed by atoms with E-state index in [1.807, 2.05) is 7.05 Å². The minimum Gasteiger partial charge on any atom is -0.477 e. The summed E-state index contributed by atoms with van der Waals surface area (Å²) in [5, 5.41) is 19.3. The van der Waals surface area contributed by atoms with Crippen molar-refractivity contribution < 1.29 is 15.0 Å². The maximum absolute atomic E-state index is 11.2. The van der Waals surface area contributed by atoms with Gasteiger partial charge in [0.05, 0.1) is 11.5 Å². The average Bonchev–Trinajstić information content (AvgIpc) is 2.66. The molecule has 2 N–H and O–H groups in total. The van der Waals surface area contributed by atoms with Gasteiger partial charge in [0.1, 0.15) is 21.9 Å². The zero-order valence-electron chi connectivity index (χ0n) is 10.9. The molecule has 0 spiro atoms. The van der Waals surface area contributed by atoms with E-state index in [0.29, 0.717) is 22.8 Å². The van der Waals surface area contributed by atoms with E-state index in [0.717, 1.165) is 16.7 Å². The van der Waals surface area contributed by atoms with Gasteiger partial charge < -0.3 is 15.1 Å². The van der Waals surface area contributed by atoms with E-state index in [9.17, 15) is 9.90 Å². The van der Waals surface area contributed by atoms with Gasteiger partial charge in [0.2, 0.25) is 0 Å². The predicted octanol–water partition coefficient (Wildman–Crippen LogP) is 1.51. The van der Waals surface area contributed by atoms with Gasteiger partial charge in [-0.1, -0.05) is 0 Å². The molecule has 0 aliphatic heterocycles. The number of hydrogen-bond donors (Lipinski definition) is 2. The third-order valence-corrected chi connectivity index (χ3v) is 3.99. The van der Waals surface area contributed by atoms with Crippen molar-refractivity contribution in [2.24, 2.45) is 0 Å². The molecule has 0 fully saturated rings. The number of thiophene rings is 1. The number of rotatable bonds is 4. The van der Waals surface area contributed by atoms with Gasteiger partial charge in [-0.15, -0.1) is 11.3 Å². The molecule has 0 saturated carbocycles. The van der Waals surface area contributed by atoms with Crippen molar-refractivity contribution in [2.75, 3.05) is 18.5 Å². The van der Waals surface area contributed by atoms with E-state index in [4.69, 9.17) is 5.11 Å². The van der Waals surface area contributed by atoms with Gasteiger partial charge in [-0.2, -0.15) is 0 Å². The summed E-state index contributed by atoms with van der Waals surface area (Å²) in [4.78, 5) is 22.2. The summed E-state index contributed by atoms with van der Waals surface area (Å²) in [7, 11) is 1.81. The molecule has 7 heteroatoms. The molecule has 2 aromatic heterocycles. The summed E-state index contributed by atoms with van der Waals surface area (Å²) in [5.74, 6) is -0.309. The van der Waals surface area contributed by atoms with Crippen molar-refractivity contribution in [1.29, 1.82) is 0 Å². The maximum Gasteiger partial charge on any atom is 0.346 e. The molecule has 1 unspecified atom stereocenters. The Morgan fingerprint density at radius 1 is 1.53 bits per heavy atom. The third kappa shape index (κ3) is 2.52. The molecular formula is C12H15N3O3S. The lowest BCUT2D eigenvalue weighted by Gasteiger charge is -2.20. The van der Waals surface area contributed by atoms with Crippen LogP contribution in [-0.4, -0.2) is 45.8 Å². The second-order valence-corrected chi connectivity index (χ2v) is 5.47. The van der Waals surface area contributed by atoms with Crippen molar-refractivity contribution in [2.45, 2.75) is 20.0 Å². The van der Waals surface area contributed by atoms with Crippen LogP contribution in [0, 0.1) is 6.92 Å². The van der Waals surface area contributed by atoms with Crippen LogP contribution in [0.25, 0.3) is 10.2 Å². The highest BCUT2D eigenvalue weighted by Crippen LogP contribution is 2.34. The van der Waals surface area contributed by atoms with E-state index in [2.05, 4.69) is 9.97 Å². The molecule has 19 heavy (non-hydrogen) atoms. The Morgan fingerprint density at radius 2 is 2.21 bits per heavy atom. The Balaban J connectivity index is 2.59. The van der Waals surface area contributed by atoms with Gasteiger partial charge in [-0.05, 0) is 19.4 Å². The Morgan fingerprint density at radius 3 is 2.79 bits per heavy atom. The predicted molar refractivity (Wildman–Crippen MR) is 74.1 cm³/mol. The summed E-state index contributed by atoms with van der Waals surface area (Å²) in [6, 6.07) is 0. The molecule has 102 valence electrons. The summed E-state index contributed by atoms with van der Waals surface area (Å²) in [6.45, 7) is 3.87. The van der Waals surface area contributed by atoms with Crippen LogP contribution in [0.4, 0.5) is 5.82 Å². The Kier molecular flexibility index (Phi) is 3.68. The molecule has 6 nitrogen and oxygen atoms in total. The molecule has 2 aromatic rings. The number of aromatic nitrogens is 2. The number of aromatic carboxylic acids is 1. The first kappa shape index (κ1) is 13.7. The highest BCUT2D eigenvalue weighted by Gasteiger charge is 2.20. The lowest BCUT2D eigenvalue weighted by Crippen LogP contribution is -2.27. The molecule has 0 saturated heterocycles. The molecule has 2 rings (SSSR count). The zero-order chi connectivity index (χ0) is 14.2. The van der Waals surface area contributed by atoms with Crippen LogP contribution < -0.4 is 4.90 Å². The Hall–Kier alpha value is -1.73. The van der Waals surface area contributed by atoms with Crippen molar-refractivity contribution in [3.63, 3.8) is 0 Å². The number of carbonyl (C=O) groups is 1. The third-order valence-electron chi connectivity index (χ3n) is 2.80. The number of hydrogen-bond acceptors (Lipinski definition) is 6. The van der Waals surface area contributed by atoms with Gasteiger partial charge in [0.25, 0.3) is 0 Å². The van der Waals surface area contributed by atoms with Gasteiger partial charge in [0.15, 0.2) is 0 Å². The molecule has 0 aliphatic rings. The number of carboxylic acid groups (broad SMARTS) is 1. The largest absolute Gasteiger partial charge is 0.477 e. The standard InChI is InChI=1S/C12H15N3O3S/c1-6(16)4-15(3)10-8-7(2)9(12(17)18)19-11(8)14-5-13-10/h5-6,16H,4H2,1-3H3,(H,17,18). The number of aliphatic hydroxyl groups excluding tert-OH is 1. The topological polar surface area (TPSA) is 86.5 Å². The molecule has 0 aromatic carbocycles. The summed E-state index contributed by atoms with van der Waals surface area (Å²) < 4.78 is 0. The normalized spacial score (nSPS) is 12.6. The monoisotopic (exact) mass is 281 g/mol. The van der Waals surface area contributed by atoms with E-state index >= 15 is 0 Å². The number of carboxylic acids is 1. The van der Waals surface area contributed by atoms with Gasteiger partial charge in [-0.3, -0.25) is 0 Å². The second-order valence-electron chi connectivity index (χ2n) is 4.47. The van der Waals surface area contributed by atoms with E-state index in [1.165, 1.54) is 6.33 Å². The smallest absolute Gasteiger partial charge is 0.346 e. The molecule has 0 amide bonds. The maximum atomic E-state index is 11.2. The van der Waals surface area contributed by atoms with E-state index in [-0.39, 0.29) is 4.88 Å². The fourth-order valence-corrected chi connectivity index (χ4v) is 3.01. The second kappa shape index (κ2) is 5.10. The summed E-state index contributed by atoms with van der Waals surface area (Å²) >= 11 is 1.14. The van der Waals surface area contributed by atoms with Crippen LogP contribution in [0.1, 0.15) is 22.2 Å². The van der Waals surface area contributed by atoms with Crippen LogP contribution in [0.3, 0.4) is 0 Å². The molecule has 0 radical (unpaired) electrons. The molecule has 0 bridgehead atoms. The van der Waals surface area contributed by atoms with E-state index < -0.39 is 12.1 Å². The average molecular weight is 281 g/mol. The lowest BCUT2D eigenvalue weighted by atomic mass is 10.2. The fraction of sp³-hybridized carbons (Fsp3) is 0.417. The number of aliphatic hydroxyl groups is 1. The minimum atomic E-state index is -0.954. The number of anilines is 1. The SMILES string of the molecule is Cc1c(C(=O)O)sc2ncnc(N(C)CC(C)O)c12. The van der Waals surface area contributed by atoms with E-state index in [1.54, 1.807) is 18.7 Å². The molecule has 1 atom stereocenters. The first-order valence-corrected chi connectivity index (χ1v) is 6.60. The molecular weight excluding hydrogens is 266 g/mol. The molecule has 2 heterocycles. The summed E-state index contributed by atoms with van der Waals surface area (Å²) in [5.41, 5.74) is 0.667. The fourth-order valence-electron chi connectivity index (χ4n) is 2.03. The Labute approximate surface area is 114 Å². The number of aryl methyl sites for hydroxylation is 1. The van der Waals surface area contributed by atoms with Crippen molar-refractivity contribution in [1.82, 2.24) is 9.97 Å². The van der Waals surface area contributed by atoms with Crippen LogP contribution in [-0.2, 0) is 0 Å². The highest BCUT2D eigenvalue weighted by atomic mass is 32.1. The van der Waals surface area contributed by atoms with Crippen molar-refractivity contribution in [3.05, 3.63) is 16.8 Å². The van der Waals surface area contributed by atoms with Crippen molar-refractivity contribution in [3.8, 4) is 0 Å². The van der Waals surface area contributed by atoms with Gasteiger partial charge in [-0.25, -0.2) is 14.8 Å². The minimum absolute atomic E-state index is 0.280. The highest BCUT2D eigenvalue weighted by molar-refractivity contribution is 7.20. The first-order valence-electron chi connectivity index (χ1n) is 5.78. The van der Waals surface area contributed by atoms with Crippen LogP contribution in [0.5, 0.6) is 0 Å². The number of nitrogens with zero attached hydrogens (tertiary/aromatic N) is 3. The first-order chi connectivity index (χ1) is 8.91. The summed E-state index contributed by atoms with van der Waals surface area (Å²) in [6.07, 6.45) is 0.922. The zero-order valence-corrected chi connectivity index (χ0v) is 11.7. The van der Waals surface area contributed by atoms with Crippen LogP contribution in [0.15, 0.2) is 6.33 Å². The van der Waals surface area contributed by atoms with Crippen molar-refractivity contribution >= 4 is 33.3 Å². The van der Waals surface area contributed by atoms with Crippen LogP contribution in [0.2, 0.25) is 0 Å². The number of likely N-dealkylation sites (N-methyl/N-ethyl adjacent to an activating group) is 1. The quantitative estimate of drug-likeness (QED) is 0.883. The molecule has 0 aliphatic carbocycles. The Bertz CT molecular complexity index is 624. The van der Waals surface area contributed by atoms with Gasteiger partial charge >= 0.3 is 5.97 Å². The lowest BCUT2D eigenvalue weighted by molar-refractivity contribution is 0.0701. The number of fused-ring (bicyclic) bond motifs is 1. The van der Waals surface area contributed by atoms with Crippen LogP contribution >= 0.6 is 11.3 Å². The van der Waals surface area contributed by atoms with Gasteiger partial charge in [0, 0.05) is 13.6 Å².